The summed E-state index contributed by atoms with van der Waals surface area (Å²) >= 11 is 9.34. The van der Waals surface area contributed by atoms with Gasteiger partial charge >= 0.3 is 0 Å². The van der Waals surface area contributed by atoms with Gasteiger partial charge in [-0.3, -0.25) is 4.79 Å². The van der Waals surface area contributed by atoms with Crippen molar-refractivity contribution in [3.05, 3.63) is 64.7 Å². The smallest absolute Gasteiger partial charge is 0.230 e. The molecule has 2 rings (SSSR count). The van der Waals surface area contributed by atoms with Gasteiger partial charge in [0.2, 0.25) is 5.91 Å². The topological polar surface area (TPSA) is 29.1 Å². The fourth-order valence-corrected chi connectivity index (χ4v) is 3.53. The van der Waals surface area contributed by atoms with Crippen LogP contribution in [0.1, 0.15) is 24.1 Å². The van der Waals surface area contributed by atoms with Crippen LogP contribution in [0.4, 0.5) is 0 Å². The molecule has 1 amide bonds. The second-order valence-electron chi connectivity index (χ2n) is 5.19. The van der Waals surface area contributed by atoms with E-state index >= 15 is 0 Å². The van der Waals surface area contributed by atoms with Gasteiger partial charge in [-0.15, -0.1) is 23.5 Å². The minimum absolute atomic E-state index is 0.0392. The number of hydrogen-bond donors (Lipinski definition) is 1. The summed E-state index contributed by atoms with van der Waals surface area (Å²) in [5, 5.41) is 3.69. The fourth-order valence-electron chi connectivity index (χ4n) is 2.13. The molecule has 0 fully saturated rings. The average molecular weight is 366 g/mol. The first-order valence-corrected chi connectivity index (χ1v) is 10.1. The molecule has 23 heavy (non-hydrogen) atoms. The SMILES string of the molecule is CSc1ccc(CSCC(=O)N[C@@H](C)c2cccc(Cl)c2)cc1. The van der Waals surface area contributed by atoms with Crippen LogP contribution in [0.5, 0.6) is 0 Å². The van der Waals surface area contributed by atoms with Crippen molar-refractivity contribution < 1.29 is 4.79 Å². The first kappa shape index (κ1) is 18.2. The van der Waals surface area contributed by atoms with Crippen molar-refractivity contribution in [1.82, 2.24) is 5.32 Å². The van der Waals surface area contributed by atoms with E-state index in [-0.39, 0.29) is 11.9 Å². The lowest BCUT2D eigenvalue weighted by Crippen LogP contribution is -2.28. The Bertz CT molecular complexity index is 646. The van der Waals surface area contributed by atoms with Gasteiger partial charge in [0.05, 0.1) is 11.8 Å². The summed E-state index contributed by atoms with van der Waals surface area (Å²) in [6.45, 7) is 1.97. The lowest BCUT2D eigenvalue weighted by molar-refractivity contribution is -0.119. The largest absolute Gasteiger partial charge is 0.349 e. The van der Waals surface area contributed by atoms with E-state index in [1.807, 2.05) is 31.2 Å². The third-order valence-corrected chi connectivity index (χ3v) is 5.37. The molecule has 0 aliphatic rings. The molecule has 0 heterocycles. The maximum Gasteiger partial charge on any atom is 0.230 e. The van der Waals surface area contributed by atoms with Crippen molar-refractivity contribution in [3.8, 4) is 0 Å². The molecule has 2 aromatic rings. The van der Waals surface area contributed by atoms with Crippen LogP contribution in [0.3, 0.4) is 0 Å². The Kier molecular flexibility index (Phi) is 7.34. The van der Waals surface area contributed by atoms with Crippen molar-refractivity contribution >= 4 is 41.0 Å². The predicted octanol–water partition coefficient (Wildman–Crippen LogP) is 5.17. The molecular formula is C18H20ClNOS2. The lowest BCUT2D eigenvalue weighted by atomic mass is 10.1. The number of rotatable bonds is 7. The minimum atomic E-state index is -0.0392. The van der Waals surface area contributed by atoms with Gasteiger partial charge < -0.3 is 5.32 Å². The zero-order valence-corrected chi connectivity index (χ0v) is 15.6. The van der Waals surface area contributed by atoms with Gasteiger partial charge in [-0.2, -0.15) is 0 Å². The standard InChI is InChI=1S/C18H20ClNOS2/c1-13(15-4-3-5-16(19)10-15)20-18(21)12-23-11-14-6-8-17(22-2)9-7-14/h3-10,13H,11-12H2,1-2H3,(H,20,21)/t13-/m0/s1. The normalized spacial score (nSPS) is 12.0. The number of halogens is 1. The van der Waals surface area contributed by atoms with E-state index in [4.69, 9.17) is 11.6 Å². The minimum Gasteiger partial charge on any atom is -0.349 e. The molecule has 122 valence electrons. The van der Waals surface area contributed by atoms with Crippen LogP contribution in [0.15, 0.2) is 53.4 Å². The Morgan fingerprint density at radius 3 is 2.61 bits per heavy atom. The molecule has 0 unspecified atom stereocenters. The third kappa shape index (κ3) is 6.13. The Labute approximate surface area is 151 Å². The molecule has 0 bridgehead atoms. The van der Waals surface area contributed by atoms with Crippen molar-refractivity contribution in [3.63, 3.8) is 0 Å². The second-order valence-corrected chi connectivity index (χ2v) is 7.49. The van der Waals surface area contributed by atoms with Gasteiger partial charge in [0.25, 0.3) is 0 Å². The highest BCUT2D eigenvalue weighted by Gasteiger charge is 2.10. The van der Waals surface area contributed by atoms with Crippen LogP contribution in [-0.4, -0.2) is 17.9 Å². The molecule has 0 saturated carbocycles. The zero-order valence-electron chi connectivity index (χ0n) is 13.2. The molecule has 2 nitrogen and oxygen atoms in total. The van der Waals surface area contributed by atoms with E-state index in [9.17, 15) is 4.79 Å². The van der Waals surface area contributed by atoms with Crippen molar-refractivity contribution in [2.45, 2.75) is 23.6 Å². The molecule has 0 aliphatic carbocycles. The molecule has 0 saturated heterocycles. The summed E-state index contributed by atoms with van der Waals surface area (Å²) in [5.74, 6) is 1.34. The number of hydrogen-bond acceptors (Lipinski definition) is 3. The lowest BCUT2D eigenvalue weighted by Gasteiger charge is -2.14. The molecule has 0 spiro atoms. The van der Waals surface area contributed by atoms with E-state index in [1.54, 1.807) is 23.5 Å². The molecule has 2 aromatic carbocycles. The van der Waals surface area contributed by atoms with E-state index < -0.39 is 0 Å². The van der Waals surface area contributed by atoms with Gasteiger partial charge in [0.15, 0.2) is 0 Å². The Hall–Kier alpha value is -1.10. The number of carbonyl (C=O) groups is 1. The summed E-state index contributed by atoms with van der Waals surface area (Å²) in [4.78, 5) is 13.3. The highest BCUT2D eigenvalue weighted by molar-refractivity contribution is 7.99. The highest BCUT2D eigenvalue weighted by Crippen LogP contribution is 2.19. The first-order chi connectivity index (χ1) is 11.1. The number of amides is 1. The fraction of sp³-hybridized carbons (Fsp3) is 0.278. The van der Waals surface area contributed by atoms with Gasteiger partial charge in [0.1, 0.15) is 0 Å². The molecule has 0 aromatic heterocycles. The highest BCUT2D eigenvalue weighted by atomic mass is 35.5. The number of benzene rings is 2. The summed E-state index contributed by atoms with van der Waals surface area (Å²) in [6.07, 6.45) is 2.06. The maximum absolute atomic E-state index is 12.0. The summed E-state index contributed by atoms with van der Waals surface area (Å²) in [5.41, 5.74) is 2.26. The monoisotopic (exact) mass is 365 g/mol. The maximum atomic E-state index is 12.0. The molecule has 0 aliphatic heterocycles. The van der Waals surface area contributed by atoms with Gasteiger partial charge in [-0.05, 0) is 48.6 Å². The van der Waals surface area contributed by atoms with E-state index in [1.165, 1.54) is 10.5 Å². The third-order valence-electron chi connectivity index (χ3n) is 3.39. The summed E-state index contributed by atoms with van der Waals surface area (Å²) in [6, 6.07) is 16.0. The molecular weight excluding hydrogens is 346 g/mol. The number of nitrogens with one attached hydrogen (secondary N) is 1. The number of thioether (sulfide) groups is 2. The van der Waals surface area contributed by atoms with Crippen LogP contribution in [-0.2, 0) is 10.5 Å². The van der Waals surface area contributed by atoms with Crippen LogP contribution in [0.25, 0.3) is 0 Å². The van der Waals surface area contributed by atoms with Crippen LogP contribution < -0.4 is 5.32 Å². The van der Waals surface area contributed by atoms with Gasteiger partial charge in [0, 0.05) is 15.7 Å². The van der Waals surface area contributed by atoms with Crippen molar-refractivity contribution in [1.29, 1.82) is 0 Å². The average Bonchev–Trinajstić information content (AvgIpc) is 2.55. The Balaban J connectivity index is 1.76. The van der Waals surface area contributed by atoms with Crippen LogP contribution >= 0.6 is 35.1 Å². The van der Waals surface area contributed by atoms with Crippen molar-refractivity contribution in [2.24, 2.45) is 0 Å². The van der Waals surface area contributed by atoms with Crippen LogP contribution in [0, 0.1) is 0 Å². The predicted molar refractivity (Wildman–Crippen MR) is 102 cm³/mol. The molecule has 5 heteroatoms. The Morgan fingerprint density at radius 2 is 1.96 bits per heavy atom. The first-order valence-electron chi connectivity index (χ1n) is 7.34. The van der Waals surface area contributed by atoms with Gasteiger partial charge in [-0.25, -0.2) is 0 Å². The van der Waals surface area contributed by atoms with E-state index in [0.29, 0.717) is 10.8 Å². The molecule has 1 N–H and O–H groups in total. The van der Waals surface area contributed by atoms with E-state index in [0.717, 1.165) is 11.3 Å². The van der Waals surface area contributed by atoms with Gasteiger partial charge in [-0.1, -0.05) is 35.9 Å². The number of carbonyl (C=O) groups excluding carboxylic acids is 1. The summed E-state index contributed by atoms with van der Waals surface area (Å²) in [7, 11) is 0. The quantitative estimate of drug-likeness (QED) is 0.686. The second kappa shape index (κ2) is 9.26. The van der Waals surface area contributed by atoms with Crippen LogP contribution in [0.2, 0.25) is 5.02 Å². The summed E-state index contributed by atoms with van der Waals surface area (Å²) < 4.78 is 0. The Morgan fingerprint density at radius 1 is 1.22 bits per heavy atom. The zero-order chi connectivity index (χ0) is 16.7. The van der Waals surface area contributed by atoms with Crippen molar-refractivity contribution in [2.75, 3.05) is 12.0 Å². The van der Waals surface area contributed by atoms with E-state index in [2.05, 4.69) is 35.8 Å². The molecule has 0 radical (unpaired) electrons. The molecule has 1 atom stereocenters.